The Morgan fingerprint density at radius 3 is 2.48 bits per heavy atom. The molecule has 0 spiro atoms. The largest absolute Gasteiger partial charge is 0.494 e. The summed E-state index contributed by atoms with van der Waals surface area (Å²) in [5.41, 5.74) is 1.26. The summed E-state index contributed by atoms with van der Waals surface area (Å²) in [6.07, 6.45) is 0. The van der Waals surface area contributed by atoms with E-state index in [1.165, 1.54) is 35.6 Å². The molecular formula is C22H17FN2O3S. The number of anilines is 2. The fraction of sp³-hybridized carbons (Fsp3) is 0.0909. The fourth-order valence-corrected chi connectivity index (χ4v) is 3.86. The number of carbonyl (C=O) groups excluding carboxylic acids is 2. The van der Waals surface area contributed by atoms with E-state index in [4.69, 9.17) is 4.74 Å². The molecule has 2 aromatic carbocycles. The molecule has 146 valence electrons. The van der Waals surface area contributed by atoms with Gasteiger partial charge in [0.05, 0.1) is 17.9 Å². The molecule has 4 rings (SSSR count). The minimum Gasteiger partial charge on any atom is -0.494 e. The molecule has 0 atom stereocenters. The first-order chi connectivity index (χ1) is 14.1. The number of ether oxygens (including phenoxy) is 1. The lowest BCUT2D eigenvalue weighted by Gasteiger charge is -2.15. The zero-order valence-corrected chi connectivity index (χ0v) is 16.3. The highest BCUT2D eigenvalue weighted by Crippen LogP contribution is 2.35. The first-order valence-electron chi connectivity index (χ1n) is 9.01. The second-order valence-corrected chi connectivity index (χ2v) is 7.18. The second-order valence-electron chi connectivity index (χ2n) is 6.24. The minimum absolute atomic E-state index is 0.158. The normalized spacial score (nSPS) is 13.9. The van der Waals surface area contributed by atoms with E-state index in [1.807, 2.05) is 18.4 Å². The van der Waals surface area contributed by atoms with E-state index in [9.17, 15) is 14.0 Å². The number of carbonyl (C=O) groups is 2. The van der Waals surface area contributed by atoms with Gasteiger partial charge < -0.3 is 10.1 Å². The van der Waals surface area contributed by atoms with E-state index in [1.54, 1.807) is 30.3 Å². The van der Waals surface area contributed by atoms with Gasteiger partial charge in [-0.05, 0) is 60.8 Å². The van der Waals surface area contributed by atoms with Crippen LogP contribution in [-0.2, 0) is 9.59 Å². The van der Waals surface area contributed by atoms with Crippen LogP contribution in [0, 0.1) is 5.82 Å². The average molecular weight is 408 g/mol. The number of hydrogen-bond donors (Lipinski definition) is 1. The van der Waals surface area contributed by atoms with E-state index < -0.39 is 17.6 Å². The summed E-state index contributed by atoms with van der Waals surface area (Å²) >= 11 is 1.36. The summed E-state index contributed by atoms with van der Waals surface area (Å²) in [6.45, 7) is 2.45. The number of imide groups is 1. The summed E-state index contributed by atoms with van der Waals surface area (Å²) in [4.78, 5) is 27.9. The number of halogens is 1. The van der Waals surface area contributed by atoms with Crippen LogP contribution in [0.15, 0.2) is 71.7 Å². The monoisotopic (exact) mass is 408 g/mol. The first-order valence-corrected chi connectivity index (χ1v) is 9.89. The number of benzene rings is 2. The Morgan fingerprint density at radius 1 is 1.03 bits per heavy atom. The van der Waals surface area contributed by atoms with E-state index >= 15 is 0 Å². The molecular weight excluding hydrogens is 391 g/mol. The van der Waals surface area contributed by atoms with E-state index in [0.717, 1.165) is 4.90 Å². The van der Waals surface area contributed by atoms with Gasteiger partial charge in [0, 0.05) is 10.6 Å². The number of rotatable bonds is 6. The lowest BCUT2D eigenvalue weighted by Crippen LogP contribution is -2.32. The van der Waals surface area contributed by atoms with Gasteiger partial charge in [-0.1, -0.05) is 12.1 Å². The molecule has 0 fully saturated rings. The fourth-order valence-electron chi connectivity index (χ4n) is 3.09. The first kappa shape index (κ1) is 18.9. The molecule has 1 N–H and O–H groups in total. The molecule has 2 heterocycles. The number of nitrogens with zero attached hydrogens (tertiary/aromatic N) is 1. The molecule has 1 aliphatic heterocycles. The van der Waals surface area contributed by atoms with Gasteiger partial charge in [-0.25, -0.2) is 9.29 Å². The maximum atomic E-state index is 13.7. The van der Waals surface area contributed by atoms with Gasteiger partial charge in [0.25, 0.3) is 11.8 Å². The summed E-state index contributed by atoms with van der Waals surface area (Å²) in [5, 5.41) is 4.90. The lowest BCUT2D eigenvalue weighted by molar-refractivity contribution is -0.120. The third-order valence-corrected chi connectivity index (χ3v) is 5.24. The van der Waals surface area contributed by atoms with Gasteiger partial charge in [-0.2, -0.15) is 0 Å². The molecule has 1 aromatic heterocycles. The van der Waals surface area contributed by atoms with Crippen molar-refractivity contribution in [2.45, 2.75) is 6.92 Å². The molecule has 0 aliphatic carbocycles. The van der Waals surface area contributed by atoms with Crippen LogP contribution in [0.4, 0.5) is 15.8 Å². The smallest absolute Gasteiger partial charge is 0.282 e. The van der Waals surface area contributed by atoms with Gasteiger partial charge >= 0.3 is 0 Å². The van der Waals surface area contributed by atoms with Crippen molar-refractivity contribution in [3.63, 3.8) is 0 Å². The SMILES string of the molecule is CCOc1ccc(NC2=C(c3cccs3)C(=O)N(c3cccc(F)c3)C2=O)cc1. The van der Waals surface area contributed by atoms with Gasteiger partial charge in [-0.15, -0.1) is 11.3 Å². The Labute approximate surface area is 171 Å². The van der Waals surface area contributed by atoms with Crippen LogP contribution in [0.2, 0.25) is 0 Å². The van der Waals surface area contributed by atoms with Crippen LogP contribution in [0.5, 0.6) is 5.75 Å². The molecule has 3 aromatic rings. The summed E-state index contributed by atoms with van der Waals surface area (Å²) in [7, 11) is 0. The Bertz CT molecular complexity index is 1090. The van der Waals surface area contributed by atoms with E-state index in [-0.39, 0.29) is 17.0 Å². The van der Waals surface area contributed by atoms with E-state index in [0.29, 0.717) is 22.9 Å². The molecule has 2 amide bonds. The average Bonchev–Trinajstić information content (AvgIpc) is 3.31. The summed E-state index contributed by atoms with van der Waals surface area (Å²) in [6, 6.07) is 16.1. The number of thiophene rings is 1. The molecule has 0 unspecified atom stereocenters. The minimum atomic E-state index is -0.530. The van der Waals surface area contributed by atoms with Crippen molar-refractivity contribution < 1.29 is 18.7 Å². The maximum absolute atomic E-state index is 13.7. The standard InChI is InChI=1S/C22H17FN2O3S/c1-2-28-17-10-8-15(9-11-17)24-20-19(18-7-4-12-29-18)21(26)25(22(20)27)16-6-3-5-14(23)13-16/h3-13,24H,2H2,1H3. The molecule has 5 nitrogen and oxygen atoms in total. The Kier molecular flexibility index (Phi) is 5.14. The van der Waals surface area contributed by atoms with Crippen LogP contribution in [-0.4, -0.2) is 18.4 Å². The summed E-state index contributed by atoms with van der Waals surface area (Å²) < 4.78 is 19.1. The maximum Gasteiger partial charge on any atom is 0.282 e. The zero-order chi connectivity index (χ0) is 20.4. The van der Waals surface area contributed by atoms with Crippen LogP contribution in [0.25, 0.3) is 5.57 Å². The second kappa shape index (κ2) is 7.89. The van der Waals surface area contributed by atoms with Crippen molar-refractivity contribution in [2.75, 3.05) is 16.8 Å². The van der Waals surface area contributed by atoms with Crippen LogP contribution in [0.1, 0.15) is 11.8 Å². The number of hydrogen-bond acceptors (Lipinski definition) is 5. The molecule has 1 aliphatic rings. The van der Waals surface area contributed by atoms with Gasteiger partial charge in [0.1, 0.15) is 17.3 Å². The lowest BCUT2D eigenvalue weighted by atomic mass is 10.2. The van der Waals surface area contributed by atoms with Crippen LogP contribution < -0.4 is 15.0 Å². The van der Waals surface area contributed by atoms with Crippen molar-refractivity contribution in [1.82, 2.24) is 0 Å². The van der Waals surface area contributed by atoms with Crippen molar-refractivity contribution in [2.24, 2.45) is 0 Å². The third-order valence-electron chi connectivity index (χ3n) is 4.35. The van der Waals surface area contributed by atoms with Gasteiger partial charge in [0.15, 0.2) is 0 Å². The highest BCUT2D eigenvalue weighted by Gasteiger charge is 2.40. The molecule has 0 saturated heterocycles. The van der Waals surface area contributed by atoms with Crippen molar-refractivity contribution in [3.05, 3.63) is 82.4 Å². The Hall–Kier alpha value is -3.45. The Morgan fingerprint density at radius 2 is 1.83 bits per heavy atom. The zero-order valence-electron chi connectivity index (χ0n) is 15.5. The topological polar surface area (TPSA) is 58.6 Å². The quantitative estimate of drug-likeness (QED) is 0.602. The predicted molar refractivity (Wildman–Crippen MR) is 111 cm³/mol. The molecule has 0 bridgehead atoms. The van der Waals surface area contributed by atoms with Crippen LogP contribution >= 0.6 is 11.3 Å². The highest BCUT2D eigenvalue weighted by molar-refractivity contribution is 7.11. The van der Waals surface area contributed by atoms with Crippen molar-refractivity contribution in [3.8, 4) is 5.75 Å². The number of nitrogens with one attached hydrogen (secondary N) is 1. The van der Waals surface area contributed by atoms with Crippen molar-refractivity contribution >= 4 is 40.1 Å². The van der Waals surface area contributed by atoms with Crippen LogP contribution in [0.3, 0.4) is 0 Å². The van der Waals surface area contributed by atoms with Gasteiger partial charge in [0.2, 0.25) is 0 Å². The molecule has 0 radical (unpaired) electrons. The molecule has 0 saturated carbocycles. The molecule has 29 heavy (non-hydrogen) atoms. The molecule has 7 heteroatoms. The highest BCUT2D eigenvalue weighted by atomic mass is 32.1. The van der Waals surface area contributed by atoms with E-state index in [2.05, 4.69) is 5.32 Å². The van der Waals surface area contributed by atoms with Gasteiger partial charge in [-0.3, -0.25) is 9.59 Å². The predicted octanol–water partition coefficient (Wildman–Crippen LogP) is 4.68. The number of amides is 2. The van der Waals surface area contributed by atoms with Crippen molar-refractivity contribution in [1.29, 1.82) is 0 Å². The third kappa shape index (κ3) is 3.64. The summed E-state index contributed by atoms with van der Waals surface area (Å²) in [5.74, 6) is -0.830. The Balaban J connectivity index is 1.73.